The maximum absolute atomic E-state index is 11.8. The quantitative estimate of drug-likeness (QED) is 0.613. The fourth-order valence-corrected chi connectivity index (χ4v) is 2.64. The van der Waals surface area contributed by atoms with Gasteiger partial charge >= 0.3 is 0 Å². The molecule has 0 heterocycles. The molecule has 0 aliphatic carbocycles. The fourth-order valence-electron chi connectivity index (χ4n) is 2.41. The van der Waals surface area contributed by atoms with Gasteiger partial charge in [-0.05, 0) is 55.7 Å². The fraction of sp³-hybridized carbons (Fsp3) is 0.316. The molecule has 0 saturated heterocycles. The van der Waals surface area contributed by atoms with Gasteiger partial charge in [-0.2, -0.15) is 5.06 Å². The van der Waals surface area contributed by atoms with E-state index in [0.717, 1.165) is 16.9 Å². The Bertz CT molecular complexity index is 759. The topological polar surface area (TPSA) is 49.8 Å². The number of rotatable bonds is 5. The van der Waals surface area contributed by atoms with Crippen molar-refractivity contribution in [2.75, 3.05) is 5.06 Å². The molecule has 0 bridgehead atoms. The number of benzene rings is 2. The molecule has 128 valence electrons. The third-order valence-electron chi connectivity index (χ3n) is 4.02. The Morgan fingerprint density at radius 3 is 2.50 bits per heavy atom. The van der Waals surface area contributed by atoms with Crippen LogP contribution in [0, 0.1) is 20.8 Å². The van der Waals surface area contributed by atoms with Crippen LogP contribution in [0.4, 0.5) is 5.69 Å². The van der Waals surface area contributed by atoms with Crippen LogP contribution in [-0.2, 0) is 11.4 Å². The number of anilines is 1. The van der Waals surface area contributed by atoms with Crippen LogP contribution >= 0.6 is 11.6 Å². The van der Waals surface area contributed by atoms with Crippen molar-refractivity contribution in [3.63, 3.8) is 0 Å². The number of hydrogen-bond donors (Lipinski definition) is 1. The molecule has 1 N–H and O–H groups in total. The number of amides is 1. The van der Waals surface area contributed by atoms with E-state index in [0.29, 0.717) is 21.3 Å². The lowest BCUT2D eigenvalue weighted by atomic mass is 10.1. The van der Waals surface area contributed by atoms with Crippen molar-refractivity contribution in [2.45, 2.75) is 40.7 Å². The first kappa shape index (κ1) is 18.3. The third-order valence-corrected chi connectivity index (χ3v) is 4.38. The lowest BCUT2D eigenvalue weighted by molar-refractivity contribution is -0.123. The van der Waals surface area contributed by atoms with Gasteiger partial charge in [-0.25, -0.2) is 0 Å². The standard InChI is InChI=1S/C19H22ClNO3/c1-5-19(22)21(23)17-8-6-7-16(20)15(17)11-24-18-10-13(3)12(2)9-14(18)4/h6-10,23H,5,11H2,1-4H3. The molecule has 2 aromatic rings. The molecule has 0 fully saturated rings. The van der Waals surface area contributed by atoms with E-state index in [9.17, 15) is 10.0 Å². The van der Waals surface area contributed by atoms with E-state index in [1.165, 1.54) is 5.56 Å². The summed E-state index contributed by atoms with van der Waals surface area (Å²) in [5.74, 6) is 0.358. The molecule has 0 unspecified atom stereocenters. The molecule has 2 rings (SSSR count). The maximum atomic E-state index is 11.8. The molecule has 0 aliphatic rings. The Morgan fingerprint density at radius 2 is 1.83 bits per heavy atom. The lowest BCUT2D eigenvalue weighted by Crippen LogP contribution is -2.27. The van der Waals surface area contributed by atoms with Crippen LogP contribution in [0.2, 0.25) is 5.02 Å². The van der Waals surface area contributed by atoms with Gasteiger partial charge in [0.1, 0.15) is 12.4 Å². The first-order chi connectivity index (χ1) is 11.3. The van der Waals surface area contributed by atoms with Crippen LogP contribution in [0.25, 0.3) is 0 Å². The average molecular weight is 348 g/mol. The molecule has 0 aliphatic heterocycles. The zero-order valence-electron chi connectivity index (χ0n) is 14.4. The number of nitrogens with zero attached hydrogens (tertiary/aromatic N) is 1. The predicted octanol–water partition coefficient (Wildman–Crippen LogP) is 4.98. The number of carbonyl (C=O) groups is 1. The second-order valence-electron chi connectivity index (χ2n) is 5.79. The Labute approximate surface area is 147 Å². The van der Waals surface area contributed by atoms with E-state index in [4.69, 9.17) is 16.3 Å². The van der Waals surface area contributed by atoms with Gasteiger partial charge in [0.25, 0.3) is 0 Å². The number of carbonyl (C=O) groups excluding carboxylic acids is 1. The summed E-state index contributed by atoms with van der Waals surface area (Å²) in [6.45, 7) is 7.90. The minimum absolute atomic E-state index is 0.159. The monoisotopic (exact) mass is 347 g/mol. The number of ether oxygens (including phenoxy) is 1. The second kappa shape index (κ2) is 7.69. The van der Waals surface area contributed by atoms with Crippen molar-refractivity contribution in [3.05, 3.63) is 57.6 Å². The summed E-state index contributed by atoms with van der Waals surface area (Å²) in [7, 11) is 0. The Balaban J connectivity index is 2.30. The molecule has 24 heavy (non-hydrogen) atoms. The van der Waals surface area contributed by atoms with Crippen molar-refractivity contribution < 1.29 is 14.7 Å². The Kier molecular flexibility index (Phi) is 5.86. The van der Waals surface area contributed by atoms with Crippen molar-refractivity contribution >= 4 is 23.2 Å². The van der Waals surface area contributed by atoms with Gasteiger partial charge in [-0.3, -0.25) is 10.0 Å². The molecular formula is C19H22ClNO3. The van der Waals surface area contributed by atoms with Crippen LogP contribution < -0.4 is 9.80 Å². The summed E-state index contributed by atoms with van der Waals surface area (Å²) in [6, 6.07) is 9.09. The zero-order valence-corrected chi connectivity index (χ0v) is 15.1. The van der Waals surface area contributed by atoms with Crippen molar-refractivity contribution in [1.29, 1.82) is 0 Å². The second-order valence-corrected chi connectivity index (χ2v) is 6.19. The molecular weight excluding hydrogens is 326 g/mol. The highest BCUT2D eigenvalue weighted by molar-refractivity contribution is 6.31. The minimum Gasteiger partial charge on any atom is -0.488 e. The highest BCUT2D eigenvalue weighted by atomic mass is 35.5. The van der Waals surface area contributed by atoms with Crippen LogP contribution in [0.15, 0.2) is 30.3 Å². The van der Waals surface area contributed by atoms with Crippen LogP contribution in [-0.4, -0.2) is 11.1 Å². The van der Waals surface area contributed by atoms with Gasteiger partial charge < -0.3 is 4.74 Å². The van der Waals surface area contributed by atoms with Crippen LogP contribution in [0.1, 0.15) is 35.6 Å². The van der Waals surface area contributed by atoms with Gasteiger partial charge in [0, 0.05) is 17.0 Å². The lowest BCUT2D eigenvalue weighted by Gasteiger charge is -2.20. The Morgan fingerprint density at radius 1 is 1.17 bits per heavy atom. The molecule has 4 nitrogen and oxygen atoms in total. The largest absolute Gasteiger partial charge is 0.488 e. The van der Waals surface area contributed by atoms with E-state index >= 15 is 0 Å². The zero-order chi connectivity index (χ0) is 17.9. The smallest absolute Gasteiger partial charge is 0.250 e. The molecule has 1 amide bonds. The molecule has 0 spiro atoms. The van der Waals surface area contributed by atoms with E-state index < -0.39 is 5.91 Å². The first-order valence-corrected chi connectivity index (χ1v) is 8.22. The first-order valence-electron chi connectivity index (χ1n) is 7.85. The summed E-state index contributed by atoms with van der Waals surface area (Å²) < 4.78 is 5.91. The van der Waals surface area contributed by atoms with E-state index in [1.807, 2.05) is 19.9 Å². The summed E-state index contributed by atoms with van der Waals surface area (Å²) in [6.07, 6.45) is 0.194. The third kappa shape index (κ3) is 3.89. The highest BCUT2D eigenvalue weighted by Gasteiger charge is 2.18. The van der Waals surface area contributed by atoms with Gasteiger partial charge in [0.2, 0.25) is 5.91 Å². The number of hydrogen-bond acceptors (Lipinski definition) is 3. The molecule has 2 aromatic carbocycles. The van der Waals surface area contributed by atoms with Gasteiger partial charge in [0.05, 0.1) is 5.69 Å². The normalized spacial score (nSPS) is 10.6. The van der Waals surface area contributed by atoms with E-state index in [1.54, 1.807) is 25.1 Å². The van der Waals surface area contributed by atoms with Crippen molar-refractivity contribution in [1.82, 2.24) is 0 Å². The van der Waals surface area contributed by atoms with E-state index in [2.05, 4.69) is 13.0 Å². The molecule has 0 saturated carbocycles. The SMILES string of the molecule is CCC(=O)N(O)c1cccc(Cl)c1COc1cc(C)c(C)cc1C. The number of aryl methyl sites for hydroxylation is 3. The molecule has 0 radical (unpaired) electrons. The van der Waals surface area contributed by atoms with Gasteiger partial charge in [-0.1, -0.05) is 30.7 Å². The average Bonchev–Trinajstić information content (AvgIpc) is 2.56. The van der Waals surface area contributed by atoms with Crippen LogP contribution in [0.3, 0.4) is 0 Å². The summed E-state index contributed by atoms with van der Waals surface area (Å²) in [5, 5.41) is 11.2. The highest BCUT2D eigenvalue weighted by Crippen LogP contribution is 2.30. The van der Waals surface area contributed by atoms with Crippen molar-refractivity contribution in [2.24, 2.45) is 0 Å². The van der Waals surface area contributed by atoms with Gasteiger partial charge in [0.15, 0.2) is 0 Å². The van der Waals surface area contributed by atoms with E-state index in [-0.39, 0.29) is 13.0 Å². The molecule has 0 aromatic heterocycles. The summed E-state index contributed by atoms with van der Waals surface area (Å²) in [4.78, 5) is 11.8. The number of hydroxylamine groups is 1. The van der Waals surface area contributed by atoms with Gasteiger partial charge in [-0.15, -0.1) is 0 Å². The summed E-state index contributed by atoms with van der Waals surface area (Å²) >= 11 is 6.25. The number of halogens is 1. The minimum atomic E-state index is -0.402. The van der Waals surface area contributed by atoms with Crippen LogP contribution in [0.5, 0.6) is 5.75 Å². The molecule has 0 atom stereocenters. The predicted molar refractivity (Wildman–Crippen MR) is 96.0 cm³/mol. The van der Waals surface area contributed by atoms with Crippen molar-refractivity contribution in [3.8, 4) is 5.75 Å². The molecule has 5 heteroatoms. The maximum Gasteiger partial charge on any atom is 0.250 e. The summed E-state index contributed by atoms with van der Waals surface area (Å²) in [5.41, 5.74) is 4.28. The Hall–Kier alpha value is -2.04.